The van der Waals surface area contributed by atoms with Gasteiger partial charge in [-0.3, -0.25) is 4.79 Å². The first-order valence-electron chi connectivity index (χ1n) is 6.49. The van der Waals surface area contributed by atoms with E-state index in [0.717, 1.165) is 0 Å². The van der Waals surface area contributed by atoms with Crippen molar-refractivity contribution in [2.45, 2.75) is 33.3 Å². The Morgan fingerprint density at radius 1 is 1.25 bits per heavy atom. The third kappa shape index (κ3) is 5.30. The Bertz CT molecular complexity index is 474. The predicted molar refractivity (Wildman–Crippen MR) is 75.8 cm³/mol. The molecule has 2 N–H and O–H groups in total. The number of Topliss-reactive ketones (excluding diaryl/α,β-unsaturated/α-hetero) is 1. The Hall–Kier alpha value is -2.04. The molecule has 1 rings (SSSR count). The van der Waals surface area contributed by atoms with Crippen molar-refractivity contribution < 1.29 is 19.4 Å². The number of rotatable bonds is 4. The van der Waals surface area contributed by atoms with Crippen LogP contribution in [0.25, 0.3) is 0 Å². The number of alkyl carbamates (subject to hydrolysis) is 1. The fourth-order valence-electron chi connectivity index (χ4n) is 1.55. The first kappa shape index (κ1) is 16.0. The summed E-state index contributed by atoms with van der Waals surface area (Å²) in [5.41, 5.74) is -0.0600. The molecular weight excluding hydrogens is 258 g/mol. The van der Waals surface area contributed by atoms with Crippen molar-refractivity contribution in [2.75, 3.05) is 6.54 Å². The van der Waals surface area contributed by atoms with Gasteiger partial charge < -0.3 is 15.2 Å². The van der Waals surface area contributed by atoms with Crippen LogP contribution in [0.2, 0.25) is 0 Å². The molecule has 0 radical (unpaired) electrons. The summed E-state index contributed by atoms with van der Waals surface area (Å²) in [5.74, 6) is -0.353. The molecule has 5 nitrogen and oxygen atoms in total. The number of phenols is 1. The second kappa shape index (κ2) is 6.41. The maximum absolute atomic E-state index is 12.1. The average Bonchev–Trinajstić information content (AvgIpc) is 2.34. The molecule has 1 atom stereocenters. The molecule has 0 saturated heterocycles. The Morgan fingerprint density at radius 3 is 2.30 bits per heavy atom. The van der Waals surface area contributed by atoms with Crippen molar-refractivity contribution in [3.63, 3.8) is 0 Å². The topological polar surface area (TPSA) is 75.6 Å². The van der Waals surface area contributed by atoms with Crippen LogP contribution >= 0.6 is 0 Å². The maximum Gasteiger partial charge on any atom is 0.407 e. The molecule has 0 aromatic heterocycles. The Morgan fingerprint density at radius 2 is 1.80 bits per heavy atom. The summed E-state index contributed by atoms with van der Waals surface area (Å²) in [5, 5.41) is 11.7. The van der Waals surface area contributed by atoms with Gasteiger partial charge >= 0.3 is 6.09 Å². The Balaban J connectivity index is 2.50. The summed E-state index contributed by atoms with van der Waals surface area (Å²) in [6.45, 7) is 7.26. The molecule has 1 aromatic carbocycles. The number of benzene rings is 1. The highest BCUT2D eigenvalue weighted by Gasteiger charge is 2.19. The number of hydrogen-bond acceptors (Lipinski definition) is 4. The predicted octanol–water partition coefficient (Wildman–Crippen LogP) is 2.74. The molecular formula is C15H21NO4. The molecule has 5 heteroatoms. The zero-order valence-electron chi connectivity index (χ0n) is 12.3. The van der Waals surface area contributed by atoms with E-state index in [-0.39, 0.29) is 24.0 Å². The van der Waals surface area contributed by atoms with E-state index < -0.39 is 11.7 Å². The number of aromatic hydroxyl groups is 1. The number of phenolic OH excluding ortho intramolecular Hbond substituents is 1. The van der Waals surface area contributed by atoms with E-state index in [4.69, 9.17) is 4.74 Å². The summed E-state index contributed by atoms with van der Waals surface area (Å²) < 4.78 is 5.09. The van der Waals surface area contributed by atoms with Gasteiger partial charge in [0.2, 0.25) is 0 Å². The third-order valence-corrected chi connectivity index (χ3v) is 2.55. The molecule has 0 fully saturated rings. The highest BCUT2D eigenvalue weighted by molar-refractivity contribution is 5.98. The molecule has 0 bridgehead atoms. The first-order valence-corrected chi connectivity index (χ1v) is 6.49. The van der Waals surface area contributed by atoms with Gasteiger partial charge in [0.25, 0.3) is 0 Å². The van der Waals surface area contributed by atoms with Crippen LogP contribution in [-0.2, 0) is 4.74 Å². The van der Waals surface area contributed by atoms with E-state index in [9.17, 15) is 14.7 Å². The standard InChI is InChI=1S/C15H21NO4/c1-10(9-16-14(19)20-15(2,3)4)13(18)11-5-7-12(17)8-6-11/h5-8,10,17H,9H2,1-4H3,(H,16,19). The zero-order chi connectivity index (χ0) is 15.3. The summed E-state index contributed by atoms with van der Waals surface area (Å²) in [7, 11) is 0. The van der Waals surface area contributed by atoms with Gasteiger partial charge in [-0.25, -0.2) is 4.79 Å². The summed E-state index contributed by atoms with van der Waals surface area (Å²) >= 11 is 0. The molecule has 1 amide bonds. The molecule has 0 aliphatic heterocycles. The number of hydrogen-bond donors (Lipinski definition) is 2. The molecule has 20 heavy (non-hydrogen) atoms. The van der Waals surface area contributed by atoms with Gasteiger partial charge in [0.05, 0.1) is 0 Å². The van der Waals surface area contributed by atoms with Gasteiger partial charge in [0.1, 0.15) is 11.4 Å². The van der Waals surface area contributed by atoms with E-state index in [0.29, 0.717) is 5.56 Å². The number of carbonyl (C=O) groups excluding carboxylic acids is 2. The minimum absolute atomic E-state index is 0.0962. The van der Waals surface area contributed by atoms with Crippen molar-refractivity contribution in [3.05, 3.63) is 29.8 Å². The fourth-order valence-corrected chi connectivity index (χ4v) is 1.55. The number of nitrogens with one attached hydrogen (secondary N) is 1. The van der Waals surface area contributed by atoms with Crippen LogP contribution < -0.4 is 5.32 Å². The van der Waals surface area contributed by atoms with Crippen molar-refractivity contribution >= 4 is 11.9 Å². The second-order valence-corrected chi connectivity index (χ2v) is 5.69. The minimum Gasteiger partial charge on any atom is -0.508 e. The van der Waals surface area contributed by atoms with Gasteiger partial charge in [-0.05, 0) is 45.0 Å². The lowest BCUT2D eigenvalue weighted by molar-refractivity contribution is 0.0520. The summed E-state index contributed by atoms with van der Waals surface area (Å²) in [6.07, 6.45) is -0.539. The lowest BCUT2D eigenvalue weighted by Crippen LogP contribution is -2.36. The van der Waals surface area contributed by atoms with Crippen molar-refractivity contribution in [2.24, 2.45) is 5.92 Å². The molecule has 0 spiro atoms. The van der Waals surface area contributed by atoms with E-state index in [1.807, 2.05) is 0 Å². The first-order chi connectivity index (χ1) is 9.19. The van der Waals surface area contributed by atoms with Crippen LogP contribution in [0.3, 0.4) is 0 Å². The molecule has 0 aliphatic carbocycles. The van der Waals surface area contributed by atoms with E-state index in [2.05, 4.69) is 5.32 Å². The summed E-state index contributed by atoms with van der Waals surface area (Å²) in [6, 6.07) is 6.03. The van der Waals surface area contributed by atoms with Crippen LogP contribution in [0.1, 0.15) is 38.1 Å². The molecule has 110 valence electrons. The smallest absolute Gasteiger partial charge is 0.407 e. The van der Waals surface area contributed by atoms with Gasteiger partial charge in [0, 0.05) is 18.0 Å². The number of ketones is 1. The van der Waals surface area contributed by atoms with Crippen LogP contribution in [0.5, 0.6) is 5.75 Å². The second-order valence-electron chi connectivity index (χ2n) is 5.69. The lowest BCUT2D eigenvalue weighted by Gasteiger charge is -2.20. The van der Waals surface area contributed by atoms with E-state index in [1.54, 1.807) is 39.8 Å². The van der Waals surface area contributed by atoms with Crippen LogP contribution in [0.4, 0.5) is 4.79 Å². The van der Waals surface area contributed by atoms with Crippen LogP contribution in [0.15, 0.2) is 24.3 Å². The van der Waals surface area contributed by atoms with Gasteiger partial charge in [-0.15, -0.1) is 0 Å². The Labute approximate surface area is 118 Å². The SMILES string of the molecule is CC(CNC(=O)OC(C)(C)C)C(=O)c1ccc(O)cc1. The van der Waals surface area contributed by atoms with Crippen LogP contribution in [-0.4, -0.2) is 29.1 Å². The van der Waals surface area contributed by atoms with E-state index >= 15 is 0 Å². The quantitative estimate of drug-likeness (QED) is 0.831. The molecule has 1 aromatic rings. The van der Waals surface area contributed by atoms with E-state index in [1.165, 1.54) is 12.1 Å². The maximum atomic E-state index is 12.1. The van der Waals surface area contributed by atoms with Gasteiger partial charge in [-0.2, -0.15) is 0 Å². The molecule has 0 aliphatic rings. The van der Waals surface area contributed by atoms with Crippen LogP contribution in [0, 0.1) is 5.92 Å². The zero-order valence-corrected chi connectivity index (χ0v) is 12.3. The largest absolute Gasteiger partial charge is 0.508 e. The van der Waals surface area contributed by atoms with Crippen molar-refractivity contribution in [3.8, 4) is 5.75 Å². The molecule has 0 heterocycles. The number of carbonyl (C=O) groups is 2. The molecule has 1 unspecified atom stereocenters. The normalized spacial score (nSPS) is 12.6. The van der Waals surface area contributed by atoms with Crippen molar-refractivity contribution in [1.29, 1.82) is 0 Å². The highest BCUT2D eigenvalue weighted by Crippen LogP contribution is 2.13. The highest BCUT2D eigenvalue weighted by atomic mass is 16.6. The third-order valence-electron chi connectivity index (χ3n) is 2.55. The monoisotopic (exact) mass is 279 g/mol. The molecule has 0 saturated carbocycles. The number of amides is 1. The average molecular weight is 279 g/mol. The summed E-state index contributed by atoms with van der Waals surface area (Å²) in [4.78, 5) is 23.6. The Kier molecular flexibility index (Phi) is 5.13. The number of ether oxygens (including phenoxy) is 1. The van der Waals surface area contributed by atoms with Crippen molar-refractivity contribution in [1.82, 2.24) is 5.32 Å². The fraction of sp³-hybridized carbons (Fsp3) is 0.467. The minimum atomic E-state index is -0.561. The van der Waals surface area contributed by atoms with Gasteiger partial charge in [0.15, 0.2) is 5.78 Å². The lowest BCUT2D eigenvalue weighted by atomic mass is 9.99. The van der Waals surface area contributed by atoms with Gasteiger partial charge in [-0.1, -0.05) is 6.92 Å².